The van der Waals surface area contributed by atoms with Gasteiger partial charge in [0, 0.05) is 37.9 Å². The van der Waals surface area contributed by atoms with E-state index in [1.165, 1.54) is 25.7 Å². The van der Waals surface area contributed by atoms with Crippen LogP contribution in [0.25, 0.3) is 0 Å². The van der Waals surface area contributed by atoms with Gasteiger partial charge in [-0.05, 0) is 37.1 Å². The number of aromatic hydroxyl groups is 1. The zero-order chi connectivity index (χ0) is 16.8. The van der Waals surface area contributed by atoms with E-state index in [1.807, 2.05) is 12.1 Å². The van der Waals surface area contributed by atoms with Crippen LogP contribution in [0.4, 0.5) is 5.69 Å². The van der Waals surface area contributed by atoms with E-state index in [2.05, 4.69) is 15.1 Å². The second-order valence-electron chi connectivity index (χ2n) is 7.04. The number of hydrogen-bond acceptors (Lipinski definition) is 4. The molecule has 1 saturated carbocycles. The van der Waals surface area contributed by atoms with E-state index in [9.17, 15) is 9.90 Å². The summed E-state index contributed by atoms with van der Waals surface area (Å²) in [5.74, 6) is 0.479. The molecule has 5 heteroatoms. The third-order valence-corrected chi connectivity index (χ3v) is 5.17. The largest absolute Gasteiger partial charge is 0.508 e. The number of anilines is 1. The number of phenolic OH excluding ortho intramolecular Hbond substituents is 1. The molecule has 2 fully saturated rings. The van der Waals surface area contributed by atoms with Crippen molar-refractivity contribution in [2.24, 2.45) is 0 Å². The third kappa shape index (κ3) is 4.87. The lowest BCUT2D eigenvalue weighted by Crippen LogP contribution is -2.50. The summed E-state index contributed by atoms with van der Waals surface area (Å²) in [6, 6.07) is 7.73. The Morgan fingerprint density at radius 3 is 2.25 bits per heavy atom. The number of benzene rings is 1. The highest BCUT2D eigenvalue weighted by molar-refractivity contribution is 5.78. The molecule has 0 bridgehead atoms. The van der Waals surface area contributed by atoms with Crippen LogP contribution in [0.15, 0.2) is 24.3 Å². The molecule has 1 aromatic carbocycles. The number of nitrogens with zero attached hydrogens (tertiary/aromatic N) is 2. The lowest BCUT2D eigenvalue weighted by molar-refractivity contribution is -0.123. The summed E-state index contributed by atoms with van der Waals surface area (Å²) in [5, 5.41) is 12.6. The van der Waals surface area contributed by atoms with Gasteiger partial charge >= 0.3 is 0 Å². The van der Waals surface area contributed by atoms with Gasteiger partial charge in [-0.2, -0.15) is 0 Å². The summed E-state index contributed by atoms with van der Waals surface area (Å²) in [7, 11) is 0. The van der Waals surface area contributed by atoms with Crippen molar-refractivity contribution in [1.29, 1.82) is 0 Å². The molecule has 0 unspecified atom stereocenters. The number of carbonyl (C=O) groups is 1. The van der Waals surface area contributed by atoms with Gasteiger partial charge in [-0.1, -0.05) is 25.7 Å². The fourth-order valence-corrected chi connectivity index (χ4v) is 3.73. The highest BCUT2D eigenvalue weighted by Gasteiger charge is 2.21. The third-order valence-electron chi connectivity index (χ3n) is 5.17. The van der Waals surface area contributed by atoms with Gasteiger partial charge < -0.3 is 15.3 Å². The van der Waals surface area contributed by atoms with Crippen molar-refractivity contribution < 1.29 is 9.90 Å². The highest BCUT2D eigenvalue weighted by atomic mass is 16.3. The van der Waals surface area contributed by atoms with Crippen LogP contribution < -0.4 is 10.2 Å². The Bertz CT molecular complexity index is 516. The predicted molar refractivity (Wildman–Crippen MR) is 96.4 cm³/mol. The van der Waals surface area contributed by atoms with Gasteiger partial charge in [-0.15, -0.1) is 0 Å². The topological polar surface area (TPSA) is 55.8 Å². The Morgan fingerprint density at radius 2 is 1.62 bits per heavy atom. The van der Waals surface area contributed by atoms with E-state index in [4.69, 9.17) is 0 Å². The summed E-state index contributed by atoms with van der Waals surface area (Å²) in [4.78, 5) is 16.8. The van der Waals surface area contributed by atoms with Gasteiger partial charge in [0.25, 0.3) is 0 Å². The summed E-state index contributed by atoms with van der Waals surface area (Å²) in [6.45, 7) is 4.15. The standard InChI is InChI=1S/C19H29N3O2/c23-18-9-7-17(8-10-18)22-13-11-21(12-14-22)15-19(24)20-16-5-3-1-2-4-6-16/h7-10,16,23H,1-6,11-15H2,(H,20,24). The lowest BCUT2D eigenvalue weighted by atomic mass is 10.1. The molecule has 1 aliphatic carbocycles. The second-order valence-corrected chi connectivity index (χ2v) is 7.04. The van der Waals surface area contributed by atoms with Crippen molar-refractivity contribution in [3.05, 3.63) is 24.3 Å². The predicted octanol–water partition coefficient (Wildman–Crippen LogP) is 2.35. The Hall–Kier alpha value is -1.75. The fraction of sp³-hybridized carbons (Fsp3) is 0.632. The molecule has 0 aromatic heterocycles. The minimum atomic E-state index is 0.181. The number of piperazine rings is 1. The summed E-state index contributed by atoms with van der Waals surface area (Å²) in [5.41, 5.74) is 1.13. The molecule has 132 valence electrons. The molecule has 24 heavy (non-hydrogen) atoms. The lowest BCUT2D eigenvalue weighted by Gasteiger charge is -2.36. The normalized spacial score (nSPS) is 20.6. The molecule has 1 heterocycles. The monoisotopic (exact) mass is 331 g/mol. The molecule has 1 aromatic rings. The summed E-state index contributed by atoms with van der Waals surface area (Å²) < 4.78 is 0. The average Bonchev–Trinajstić information content (AvgIpc) is 2.85. The first kappa shape index (κ1) is 17.1. The SMILES string of the molecule is O=C(CN1CCN(c2ccc(O)cc2)CC1)NC1CCCCCC1. The van der Waals surface area contributed by atoms with Gasteiger partial charge in [0.1, 0.15) is 5.75 Å². The maximum Gasteiger partial charge on any atom is 0.234 e. The first-order valence-corrected chi connectivity index (χ1v) is 9.26. The van der Waals surface area contributed by atoms with Gasteiger partial charge in [0.15, 0.2) is 0 Å². The van der Waals surface area contributed by atoms with Crippen LogP contribution in [0.3, 0.4) is 0 Å². The maximum atomic E-state index is 12.3. The number of carbonyl (C=O) groups excluding carboxylic acids is 1. The van der Waals surface area contributed by atoms with E-state index < -0.39 is 0 Å². The molecule has 1 aliphatic heterocycles. The van der Waals surface area contributed by atoms with Crippen molar-refractivity contribution in [2.75, 3.05) is 37.6 Å². The molecule has 3 rings (SSSR count). The molecule has 0 spiro atoms. The molecular formula is C19H29N3O2. The van der Waals surface area contributed by atoms with Crippen molar-refractivity contribution in [3.63, 3.8) is 0 Å². The number of nitrogens with one attached hydrogen (secondary N) is 1. The van der Waals surface area contributed by atoms with Gasteiger partial charge in [-0.25, -0.2) is 0 Å². The fourth-order valence-electron chi connectivity index (χ4n) is 3.73. The van der Waals surface area contributed by atoms with E-state index in [-0.39, 0.29) is 5.91 Å². The number of rotatable bonds is 4. The van der Waals surface area contributed by atoms with E-state index >= 15 is 0 Å². The van der Waals surface area contributed by atoms with Gasteiger partial charge in [0.2, 0.25) is 5.91 Å². The Morgan fingerprint density at radius 1 is 1.00 bits per heavy atom. The second kappa shape index (κ2) is 8.38. The molecule has 5 nitrogen and oxygen atoms in total. The van der Waals surface area contributed by atoms with Crippen LogP contribution in [0.2, 0.25) is 0 Å². The first-order chi connectivity index (χ1) is 11.7. The Kier molecular flexibility index (Phi) is 5.96. The van der Waals surface area contributed by atoms with Crippen LogP contribution in [0.5, 0.6) is 5.75 Å². The van der Waals surface area contributed by atoms with Crippen LogP contribution in [0, 0.1) is 0 Å². The van der Waals surface area contributed by atoms with E-state index in [1.54, 1.807) is 12.1 Å². The van der Waals surface area contributed by atoms with E-state index in [0.717, 1.165) is 44.7 Å². The van der Waals surface area contributed by atoms with Gasteiger partial charge in [-0.3, -0.25) is 9.69 Å². The molecule has 0 atom stereocenters. The molecule has 0 radical (unpaired) electrons. The number of amides is 1. The van der Waals surface area contributed by atoms with Crippen LogP contribution >= 0.6 is 0 Å². The quantitative estimate of drug-likeness (QED) is 0.832. The van der Waals surface area contributed by atoms with Crippen LogP contribution in [0.1, 0.15) is 38.5 Å². The molecule has 1 saturated heterocycles. The smallest absolute Gasteiger partial charge is 0.234 e. The maximum absolute atomic E-state index is 12.3. The molecular weight excluding hydrogens is 302 g/mol. The van der Waals surface area contributed by atoms with Crippen molar-refractivity contribution in [2.45, 2.75) is 44.6 Å². The first-order valence-electron chi connectivity index (χ1n) is 9.26. The van der Waals surface area contributed by atoms with Gasteiger partial charge in [0.05, 0.1) is 6.54 Å². The molecule has 1 amide bonds. The van der Waals surface area contributed by atoms with Crippen LogP contribution in [-0.2, 0) is 4.79 Å². The van der Waals surface area contributed by atoms with Crippen molar-refractivity contribution >= 4 is 11.6 Å². The minimum absolute atomic E-state index is 0.181. The molecule has 2 N–H and O–H groups in total. The van der Waals surface area contributed by atoms with E-state index in [0.29, 0.717) is 18.3 Å². The van der Waals surface area contributed by atoms with Crippen molar-refractivity contribution in [1.82, 2.24) is 10.2 Å². The number of hydrogen-bond donors (Lipinski definition) is 2. The Balaban J connectivity index is 1.41. The highest BCUT2D eigenvalue weighted by Crippen LogP contribution is 2.20. The minimum Gasteiger partial charge on any atom is -0.508 e. The molecule has 2 aliphatic rings. The summed E-state index contributed by atoms with van der Waals surface area (Å²) in [6.07, 6.45) is 7.39. The zero-order valence-corrected chi connectivity index (χ0v) is 14.4. The summed E-state index contributed by atoms with van der Waals surface area (Å²) >= 11 is 0. The number of phenols is 1. The van der Waals surface area contributed by atoms with Crippen LogP contribution in [-0.4, -0.2) is 54.7 Å². The van der Waals surface area contributed by atoms with Crippen molar-refractivity contribution in [3.8, 4) is 5.75 Å². The Labute approximate surface area is 144 Å². The average molecular weight is 331 g/mol. The zero-order valence-electron chi connectivity index (χ0n) is 14.4.